The summed E-state index contributed by atoms with van der Waals surface area (Å²) in [6.07, 6.45) is 0. The monoisotopic (exact) mass is 315 g/mol. The quantitative estimate of drug-likeness (QED) is 0.627. The predicted molar refractivity (Wildman–Crippen MR) is 83.7 cm³/mol. The molecule has 6 nitrogen and oxygen atoms in total. The molecule has 0 aromatic heterocycles. The van der Waals surface area contributed by atoms with Crippen LogP contribution in [-0.4, -0.2) is 16.5 Å². The Kier molecular flexibility index (Phi) is 4.45. The van der Waals surface area contributed by atoms with Crippen molar-refractivity contribution in [2.24, 2.45) is 0 Å². The SMILES string of the molecule is CC(=O)C1=C(C)OC(C)=C(C(C)=O)C1c1ccccc1[N+](=O)[O-]. The molecule has 0 saturated carbocycles. The summed E-state index contributed by atoms with van der Waals surface area (Å²) in [5.74, 6) is -0.625. The molecule has 1 aromatic rings. The minimum atomic E-state index is -0.791. The van der Waals surface area contributed by atoms with E-state index in [1.165, 1.54) is 19.9 Å². The van der Waals surface area contributed by atoms with Gasteiger partial charge in [-0.2, -0.15) is 0 Å². The molecule has 0 bridgehead atoms. The zero-order valence-electron chi connectivity index (χ0n) is 13.4. The van der Waals surface area contributed by atoms with E-state index >= 15 is 0 Å². The van der Waals surface area contributed by atoms with E-state index < -0.39 is 10.8 Å². The van der Waals surface area contributed by atoms with E-state index in [0.29, 0.717) is 17.1 Å². The molecule has 23 heavy (non-hydrogen) atoms. The lowest BCUT2D eigenvalue weighted by molar-refractivity contribution is -0.385. The second-order valence-corrected chi connectivity index (χ2v) is 5.40. The summed E-state index contributed by atoms with van der Waals surface area (Å²) in [7, 11) is 0. The van der Waals surface area contributed by atoms with E-state index in [0.717, 1.165) is 0 Å². The van der Waals surface area contributed by atoms with Crippen LogP contribution in [0.4, 0.5) is 5.69 Å². The Bertz CT molecular complexity index is 737. The molecule has 0 fully saturated rings. The number of carbonyl (C=O) groups excluding carboxylic acids is 2. The maximum absolute atomic E-state index is 12.1. The Morgan fingerprint density at radius 2 is 1.52 bits per heavy atom. The summed E-state index contributed by atoms with van der Waals surface area (Å²) < 4.78 is 5.53. The third-order valence-corrected chi connectivity index (χ3v) is 3.85. The molecular formula is C17H17NO5. The van der Waals surface area contributed by atoms with E-state index in [-0.39, 0.29) is 28.4 Å². The van der Waals surface area contributed by atoms with Gasteiger partial charge in [0.25, 0.3) is 5.69 Å². The summed E-state index contributed by atoms with van der Waals surface area (Å²) in [6, 6.07) is 6.14. The molecule has 2 rings (SSSR count). The first-order valence-corrected chi connectivity index (χ1v) is 7.10. The molecule has 0 N–H and O–H groups in total. The second kappa shape index (κ2) is 6.16. The van der Waals surface area contributed by atoms with Crippen molar-refractivity contribution >= 4 is 17.3 Å². The number of allylic oxidation sites excluding steroid dienone is 4. The minimum Gasteiger partial charge on any atom is -0.466 e. The fourth-order valence-corrected chi connectivity index (χ4v) is 3.00. The Hall–Kier alpha value is -2.76. The highest BCUT2D eigenvalue weighted by atomic mass is 16.6. The van der Waals surface area contributed by atoms with Gasteiger partial charge in [-0.05, 0) is 27.7 Å². The fraction of sp³-hybridized carbons (Fsp3) is 0.294. The van der Waals surface area contributed by atoms with Crippen molar-refractivity contribution in [3.63, 3.8) is 0 Å². The van der Waals surface area contributed by atoms with Gasteiger partial charge in [-0.1, -0.05) is 18.2 Å². The number of Topliss-reactive ketones (excluding diaryl/α,β-unsaturated/α-hetero) is 2. The van der Waals surface area contributed by atoms with Crippen molar-refractivity contribution in [3.8, 4) is 0 Å². The maximum Gasteiger partial charge on any atom is 0.273 e. The van der Waals surface area contributed by atoms with Crippen LogP contribution < -0.4 is 0 Å². The van der Waals surface area contributed by atoms with Crippen LogP contribution >= 0.6 is 0 Å². The van der Waals surface area contributed by atoms with E-state index in [4.69, 9.17) is 4.74 Å². The zero-order valence-corrected chi connectivity index (χ0v) is 13.4. The third kappa shape index (κ3) is 2.92. The average molecular weight is 315 g/mol. The van der Waals surface area contributed by atoms with Crippen molar-refractivity contribution < 1.29 is 19.2 Å². The summed E-state index contributed by atoms with van der Waals surface area (Å²) in [6.45, 7) is 5.97. The molecule has 0 atom stereocenters. The van der Waals surface area contributed by atoms with Gasteiger partial charge >= 0.3 is 0 Å². The molecule has 0 saturated heterocycles. The van der Waals surface area contributed by atoms with Gasteiger partial charge in [0.05, 0.1) is 10.8 Å². The first-order valence-electron chi connectivity index (χ1n) is 7.10. The Morgan fingerprint density at radius 1 is 1.04 bits per heavy atom. The molecule has 0 amide bonds. The van der Waals surface area contributed by atoms with Crippen molar-refractivity contribution in [2.75, 3.05) is 0 Å². The molecule has 0 spiro atoms. The summed E-state index contributed by atoms with van der Waals surface area (Å²) >= 11 is 0. The topological polar surface area (TPSA) is 86.5 Å². The number of benzene rings is 1. The Balaban J connectivity index is 2.81. The number of rotatable bonds is 4. The van der Waals surface area contributed by atoms with Crippen LogP contribution in [0.1, 0.15) is 39.2 Å². The molecule has 1 heterocycles. The van der Waals surface area contributed by atoms with E-state index in [9.17, 15) is 19.7 Å². The van der Waals surface area contributed by atoms with Gasteiger partial charge in [-0.25, -0.2) is 0 Å². The molecule has 6 heteroatoms. The fourth-order valence-electron chi connectivity index (χ4n) is 3.00. The molecule has 1 aromatic carbocycles. The third-order valence-electron chi connectivity index (χ3n) is 3.85. The Labute approximate surface area is 133 Å². The highest BCUT2D eigenvalue weighted by Crippen LogP contribution is 2.43. The number of hydrogen-bond acceptors (Lipinski definition) is 5. The molecule has 0 aliphatic carbocycles. The van der Waals surface area contributed by atoms with Gasteiger partial charge in [-0.3, -0.25) is 19.7 Å². The van der Waals surface area contributed by atoms with Crippen LogP contribution in [0.15, 0.2) is 46.9 Å². The molecule has 0 radical (unpaired) electrons. The maximum atomic E-state index is 12.1. The first-order chi connectivity index (χ1) is 10.8. The zero-order chi connectivity index (χ0) is 17.3. The van der Waals surface area contributed by atoms with Crippen molar-refractivity contribution in [2.45, 2.75) is 33.6 Å². The van der Waals surface area contributed by atoms with Crippen molar-refractivity contribution in [1.29, 1.82) is 0 Å². The number of nitro benzene ring substituents is 1. The Morgan fingerprint density at radius 3 is 1.96 bits per heavy atom. The van der Waals surface area contributed by atoms with E-state index in [1.807, 2.05) is 0 Å². The van der Waals surface area contributed by atoms with Crippen LogP contribution in [0, 0.1) is 10.1 Å². The lowest BCUT2D eigenvalue weighted by Crippen LogP contribution is -2.24. The highest BCUT2D eigenvalue weighted by Gasteiger charge is 2.38. The smallest absolute Gasteiger partial charge is 0.273 e. The van der Waals surface area contributed by atoms with Crippen LogP contribution in [0.5, 0.6) is 0 Å². The normalized spacial score (nSPS) is 15.5. The molecule has 1 aliphatic rings. The predicted octanol–water partition coefficient (Wildman–Crippen LogP) is 3.43. The van der Waals surface area contributed by atoms with Crippen LogP contribution in [0.3, 0.4) is 0 Å². The summed E-state index contributed by atoms with van der Waals surface area (Å²) in [5.41, 5.74) is 0.734. The van der Waals surface area contributed by atoms with E-state index in [1.54, 1.807) is 32.0 Å². The summed E-state index contributed by atoms with van der Waals surface area (Å²) in [4.78, 5) is 35.1. The second-order valence-electron chi connectivity index (χ2n) is 5.40. The number of para-hydroxylation sites is 1. The molecule has 0 unspecified atom stereocenters. The van der Waals surface area contributed by atoms with Gasteiger partial charge in [0.2, 0.25) is 0 Å². The summed E-state index contributed by atoms with van der Waals surface area (Å²) in [5, 5.41) is 11.4. The number of nitrogens with zero attached hydrogens (tertiary/aromatic N) is 1. The highest BCUT2D eigenvalue weighted by molar-refractivity contribution is 6.03. The van der Waals surface area contributed by atoms with Crippen LogP contribution in [0.2, 0.25) is 0 Å². The molecular weight excluding hydrogens is 298 g/mol. The lowest BCUT2D eigenvalue weighted by Gasteiger charge is -2.29. The van der Waals surface area contributed by atoms with Crippen LogP contribution in [-0.2, 0) is 14.3 Å². The minimum absolute atomic E-state index is 0.127. The lowest BCUT2D eigenvalue weighted by atomic mass is 9.78. The van der Waals surface area contributed by atoms with Crippen molar-refractivity contribution in [1.82, 2.24) is 0 Å². The van der Waals surface area contributed by atoms with Crippen molar-refractivity contribution in [3.05, 3.63) is 62.6 Å². The van der Waals surface area contributed by atoms with Gasteiger partial charge in [-0.15, -0.1) is 0 Å². The molecule has 1 aliphatic heterocycles. The van der Waals surface area contributed by atoms with Gasteiger partial charge in [0, 0.05) is 22.8 Å². The van der Waals surface area contributed by atoms with Gasteiger partial charge < -0.3 is 4.74 Å². The van der Waals surface area contributed by atoms with Gasteiger partial charge in [0.15, 0.2) is 11.6 Å². The number of ether oxygens (including phenoxy) is 1. The largest absolute Gasteiger partial charge is 0.466 e. The standard InChI is InChI=1S/C17H17NO5/c1-9(19)15-11(3)23-12(4)16(10(2)20)17(15)13-7-5-6-8-14(13)18(21)22/h5-8,17H,1-4H3. The number of nitro groups is 1. The first kappa shape index (κ1) is 16.6. The van der Waals surface area contributed by atoms with Crippen LogP contribution in [0.25, 0.3) is 0 Å². The number of carbonyl (C=O) groups is 2. The van der Waals surface area contributed by atoms with Gasteiger partial charge in [0.1, 0.15) is 11.5 Å². The average Bonchev–Trinajstić information content (AvgIpc) is 2.45. The molecule has 120 valence electrons. The number of hydrogen-bond donors (Lipinski definition) is 0. The van der Waals surface area contributed by atoms with E-state index in [2.05, 4.69) is 0 Å². The number of ketones is 2.